The smallest absolute Gasteiger partial charge is 0.195 e. The highest BCUT2D eigenvalue weighted by atomic mass is 28.3. The van der Waals surface area contributed by atoms with Crippen molar-refractivity contribution in [2.24, 2.45) is 0 Å². The zero-order valence-electron chi connectivity index (χ0n) is 32.1. The van der Waals surface area contributed by atoms with Crippen LogP contribution in [0.3, 0.4) is 0 Å². The van der Waals surface area contributed by atoms with Crippen molar-refractivity contribution in [2.75, 3.05) is 0 Å². The van der Waals surface area contributed by atoms with Gasteiger partial charge in [-0.1, -0.05) is 86.6 Å². The van der Waals surface area contributed by atoms with Crippen LogP contribution in [0.15, 0.2) is 66.7 Å². The van der Waals surface area contributed by atoms with E-state index in [1.807, 2.05) is 0 Å². The van der Waals surface area contributed by atoms with Gasteiger partial charge in [-0.2, -0.15) is 127 Å². The Morgan fingerprint density at radius 1 is 0.312 bits per heavy atom. The minimum Gasteiger partial charge on any atom is -0.195 e. The van der Waals surface area contributed by atoms with E-state index in [0.29, 0.717) is 0 Å². The average Bonchev–Trinajstić information content (AvgIpc) is 3.13. The van der Waals surface area contributed by atoms with Gasteiger partial charge in [0.25, 0.3) is 0 Å². The van der Waals surface area contributed by atoms with Gasteiger partial charge < -0.3 is 0 Å². The third kappa shape index (κ3) is 10.1. The molecule has 26 heteroatoms. The van der Waals surface area contributed by atoms with Crippen molar-refractivity contribution >= 4 is 41.3 Å². The van der Waals surface area contributed by atoms with Crippen molar-refractivity contribution < 1.29 is 105 Å². The van der Waals surface area contributed by atoms with E-state index in [1.165, 1.54) is 0 Å². The van der Waals surface area contributed by atoms with Gasteiger partial charge in [-0.15, -0.1) is 0 Å². The molecule has 0 fully saturated rings. The average molecular weight is 977 g/mol. The number of hydrogen-bond acceptors (Lipinski definition) is 0. The fourth-order valence-electron chi connectivity index (χ4n) is 8.07. The molecule has 0 N–H and O–H groups in total. The molecule has 0 bridgehead atoms. The number of benzene rings is 4. The van der Waals surface area contributed by atoms with Gasteiger partial charge >= 0.3 is 49.4 Å². The molecule has 0 atom stereocenters. The van der Waals surface area contributed by atoms with E-state index >= 15 is 13.2 Å². The van der Waals surface area contributed by atoms with Crippen LogP contribution in [0, 0.1) is 0 Å². The van der Waals surface area contributed by atoms with Crippen LogP contribution in [-0.4, -0.2) is 14.2 Å². The summed E-state index contributed by atoms with van der Waals surface area (Å²) in [5.41, 5.74) is -29.5. The summed E-state index contributed by atoms with van der Waals surface area (Å²) in [4.78, 5) is 0. The highest BCUT2D eigenvalue weighted by molar-refractivity contribution is 7.22. The largest absolute Gasteiger partial charge is 0.416 e. The van der Waals surface area contributed by atoms with Gasteiger partial charge in [-0.25, -0.2) is 0 Å². The van der Waals surface area contributed by atoms with Crippen LogP contribution in [0.4, 0.5) is 105 Å². The predicted octanol–water partition coefficient (Wildman–Crippen LogP) is 12.9. The summed E-state index contributed by atoms with van der Waals surface area (Å²) < 4.78 is 354. The summed E-state index contributed by atoms with van der Waals surface area (Å²) in [5, 5.41) is -1.58. The Bertz CT molecular complexity index is 2060. The number of halogens is 24. The molecule has 0 saturated heterocycles. The molecule has 4 rings (SSSR count). The molecule has 354 valence electrons. The van der Waals surface area contributed by atoms with Crippen molar-refractivity contribution in [3.8, 4) is 0 Å². The predicted molar refractivity (Wildman–Crippen MR) is 187 cm³/mol. The molecule has 4 aromatic rings. The lowest BCUT2D eigenvalue weighted by Gasteiger charge is -2.50. The van der Waals surface area contributed by atoms with Gasteiger partial charge in [0, 0.05) is 0 Å². The fourth-order valence-corrected chi connectivity index (χ4v) is 12.3. The number of rotatable bonds is 8. The first-order chi connectivity index (χ1) is 28.6. The molecule has 4 aromatic carbocycles. The molecule has 0 spiro atoms. The molecule has 0 aliphatic carbocycles. The van der Waals surface area contributed by atoms with E-state index in [1.54, 1.807) is 0 Å². The lowest BCUT2D eigenvalue weighted by atomic mass is 9.12. The lowest BCUT2D eigenvalue weighted by Crippen LogP contribution is -2.80. The zero-order valence-corrected chi connectivity index (χ0v) is 33.1. The molecule has 0 amide bonds. The second kappa shape index (κ2) is 16.4. The lowest BCUT2D eigenvalue weighted by molar-refractivity contribution is -0.144. The van der Waals surface area contributed by atoms with Crippen LogP contribution < -0.4 is 27.0 Å². The maximum atomic E-state index is 15.4. The summed E-state index contributed by atoms with van der Waals surface area (Å²) in [6.45, 7) is 3.17. The molecular weight excluding hydrogens is 951 g/mol. The van der Waals surface area contributed by atoms with Gasteiger partial charge in [0.2, 0.25) is 0 Å². The first-order valence-corrected chi connectivity index (χ1v) is 20.6. The van der Waals surface area contributed by atoms with E-state index in [2.05, 4.69) is 0 Å². The molecule has 0 unspecified atom stereocenters. The van der Waals surface area contributed by atoms with Crippen molar-refractivity contribution in [1.29, 1.82) is 0 Å². The van der Waals surface area contributed by atoms with Crippen molar-refractivity contribution in [3.05, 3.63) is 111 Å². The second-order valence-electron chi connectivity index (χ2n) is 14.7. The Kier molecular flexibility index (Phi) is 13.4. The van der Waals surface area contributed by atoms with E-state index in [-0.39, 0.29) is 0 Å². The van der Waals surface area contributed by atoms with Gasteiger partial charge in [-0.3, -0.25) is 0 Å². The van der Waals surface area contributed by atoms with E-state index in [0.717, 1.165) is 20.8 Å². The Morgan fingerprint density at radius 2 is 0.531 bits per heavy atom. The van der Waals surface area contributed by atoms with Crippen LogP contribution in [-0.2, 0) is 49.4 Å². The van der Waals surface area contributed by atoms with Crippen LogP contribution in [0.1, 0.15) is 65.3 Å². The Hall–Kier alpha value is -4.52. The third-order valence-corrected chi connectivity index (χ3v) is 16.8. The van der Waals surface area contributed by atoms with Crippen LogP contribution in [0.5, 0.6) is 0 Å². The highest BCUT2D eigenvalue weighted by Crippen LogP contribution is 2.42. The Labute approximate surface area is 346 Å². The van der Waals surface area contributed by atoms with Gasteiger partial charge in [0.15, 0.2) is 0 Å². The Balaban J connectivity index is 2.82. The molecule has 0 saturated carbocycles. The molecule has 0 nitrogen and oxygen atoms in total. The molecule has 0 heterocycles. The normalized spacial score (nSPS) is 14.4. The summed E-state index contributed by atoms with van der Waals surface area (Å²) in [5.74, 6) is 0. The van der Waals surface area contributed by atoms with Gasteiger partial charge in [-0.05, 0) is 24.3 Å². The monoisotopic (exact) mass is 977 g/mol. The molecule has 0 radical (unpaired) electrons. The summed E-state index contributed by atoms with van der Waals surface area (Å²) >= 11 is 0. The minimum absolute atomic E-state index is 0.512. The molecule has 0 aliphatic heterocycles. The van der Waals surface area contributed by atoms with Crippen molar-refractivity contribution in [3.63, 3.8) is 0 Å². The van der Waals surface area contributed by atoms with Crippen LogP contribution in [0.25, 0.3) is 0 Å². The van der Waals surface area contributed by atoms with Gasteiger partial charge in [0.1, 0.15) is 6.15 Å². The van der Waals surface area contributed by atoms with E-state index in [9.17, 15) is 92.2 Å². The standard InChI is InChI=1S/C38H26BF24Si/c1-4-64(5-2,6-3)30-28(38(61,62)63)16-24(37(58,59)60)17-29(30)39(25-10-18(31(40,41)42)7-19(11-25)32(43,44)45,26-12-20(33(46,47)48)8-21(13-26)34(49,50)51)27-14-22(35(52,53)54)9-23(15-27)36(55,56)57/h7-17H,4-6H2,1-3H3/q-1. The number of hydrogen-bond donors (Lipinski definition) is 0. The van der Waals surface area contributed by atoms with Crippen LogP contribution >= 0.6 is 0 Å². The SMILES string of the molecule is CC[Si](CC)(CC)c1c([B-](c2cc(C(F)(F)F)cc(C(F)(F)F)c2)(c2cc(C(F)(F)F)cc(C(F)(F)F)c2)c2cc(C(F)(F)F)cc(C(F)(F)F)c2)cc(C(F)(F)F)cc1C(F)(F)F. The summed E-state index contributed by atoms with van der Waals surface area (Å²) in [7, 11) is -4.59. The first kappa shape index (κ1) is 52.1. The maximum Gasteiger partial charge on any atom is 0.416 e. The number of alkyl halides is 24. The maximum absolute atomic E-state index is 15.4. The quantitative estimate of drug-likeness (QED) is 0.122. The fraction of sp³-hybridized carbons (Fsp3) is 0.368. The zero-order chi connectivity index (χ0) is 49.4. The van der Waals surface area contributed by atoms with Crippen LogP contribution in [0.2, 0.25) is 18.1 Å². The van der Waals surface area contributed by atoms with E-state index in [4.69, 9.17) is 0 Å². The molecule has 0 aromatic heterocycles. The summed E-state index contributed by atoms with van der Waals surface area (Å²) in [6, 6.07) is -9.07. The molecule has 0 aliphatic rings. The second-order valence-corrected chi connectivity index (χ2v) is 19.9. The third-order valence-electron chi connectivity index (χ3n) is 11.2. The minimum atomic E-state index is -6.15. The van der Waals surface area contributed by atoms with Gasteiger partial charge in [0.05, 0.1) is 52.6 Å². The van der Waals surface area contributed by atoms with E-state index < -0.39 is 220 Å². The topological polar surface area (TPSA) is 0 Å². The van der Waals surface area contributed by atoms with Crippen molar-refractivity contribution in [2.45, 2.75) is 88.3 Å². The Morgan fingerprint density at radius 3 is 0.719 bits per heavy atom. The first-order valence-electron chi connectivity index (χ1n) is 18.0. The summed E-state index contributed by atoms with van der Waals surface area (Å²) in [6.07, 6.45) is -55.0. The van der Waals surface area contributed by atoms with Crippen molar-refractivity contribution in [1.82, 2.24) is 0 Å². The highest BCUT2D eigenvalue weighted by Gasteiger charge is 2.51. The molecular formula is C38H26BF24Si-. The molecule has 64 heavy (non-hydrogen) atoms.